The number of aromatic nitrogens is 4. The van der Waals surface area contributed by atoms with E-state index in [9.17, 15) is 47.0 Å². The summed E-state index contributed by atoms with van der Waals surface area (Å²) >= 11 is 0. The number of nitrogens with two attached hydrogens (primary N) is 1. The number of hydrogen-bond acceptors (Lipinski definition) is 12. The van der Waals surface area contributed by atoms with Crippen LogP contribution in [0.25, 0.3) is 28.0 Å². The highest BCUT2D eigenvalue weighted by atomic mass is 19.4. The van der Waals surface area contributed by atoms with Crippen molar-refractivity contribution in [2.24, 2.45) is 11.1 Å². The molecule has 0 fully saturated rings. The molecule has 3 aliphatic rings. The summed E-state index contributed by atoms with van der Waals surface area (Å²) in [6.45, 7) is 5.52. The van der Waals surface area contributed by atoms with E-state index in [-0.39, 0.29) is 71.9 Å². The molecule has 5 N–H and O–H groups in total. The Morgan fingerprint density at radius 2 is 1.77 bits per heavy atom. The van der Waals surface area contributed by atoms with E-state index in [0.717, 1.165) is 21.2 Å². The number of nitrogens with zero attached hydrogens (tertiary/aromatic N) is 4. The van der Waals surface area contributed by atoms with E-state index < -0.39 is 76.6 Å². The van der Waals surface area contributed by atoms with Gasteiger partial charge in [-0.05, 0) is 72.7 Å². The maximum atomic E-state index is 14.1. The summed E-state index contributed by atoms with van der Waals surface area (Å²) in [6.07, 6.45) is -4.51. The molecule has 2 amide bonds. The van der Waals surface area contributed by atoms with Crippen molar-refractivity contribution in [1.82, 2.24) is 24.6 Å². The van der Waals surface area contributed by atoms with Gasteiger partial charge in [0, 0.05) is 28.6 Å². The molecule has 1 aliphatic carbocycles. The number of anilines is 1. The van der Waals surface area contributed by atoms with Gasteiger partial charge in [0.2, 0.25) is 11.5 Å². The number of phenolic OH excluding ortho intramolecular Hbond substituents is 1. The topological polar surface area (TPSA) is 227 Å². The zero-order chi connectivity index (χ0) is 44.6. The second-order valence-corrected chi connectivity index (χ2v) is 16.3. The molecule has 3 aromatic heterocycles. The molecule has 5 aromatic rings. The molecule has 5 heterocycles. The van der Waals surface area contributed by atoms with Crippen LogP contribution in [0.4, 0.5) is 18.9 Å². The molecule has 62 heavy (non-hydrogen) atoms. The van der Waals surface area contributed by atoms with Crippen LogP contribution in [-0.2, 0) is 61.6 Å². The molecule has 0 bridgehead atoms. The van der Waals surface area contributed by atoms with Gasteiger partial charge in [0.1, 0.15) is 18.9 Å². The largest absolute Gasteiger partial charge is 0.508 e. The Balaban J connectivity index is 1.02. The molecule has 0 radical (unpaired) electrons. The molecule has 0 spiro atoms. The van der Waals surface area contributed by atoms with Crippen molar-refractivity contribution in [1.29, 1.82) is 0 Å². The highest BCUT2D eigenvalue weighted by molar-refractivity contribution is 6.01. The van der Waals surface area contributed by atoms with Gasteiger partial charge in [-0.25, -0.2) is 14.5 Å². The van der Waals surface area contributed by atoms with Crippen LogP contribution in [0, 0.1) is 5.41 Å². The third kappa shape index (κ3) is 6.90. The number of halogens is 3. The average molecular weight is 856 g/mol. The fourth-order valence-electron chi connectivity index (χ4n) is 8.74. The number of primary amides is 1. The summed E-state index contributed by atoms with van der Waals surface area (Å²) in [7, 11) is 0. The number of carbonyl (C=O) groups excluding carboxylic acids is 5. The summed E-state index contributed by atoms with van der Waals surface area (Å²) in [5.41, 5.74) is 3.85. The number of aryl methyl sites for hydroxylation is 1. The number of hydrogen-bond donors (Lipinski definition) is 4. The van der Waals surface area contributed by atoms with Gasteiger partial charge in [0.05, 0.1) is 58.1 Å². The minimum Gasteiger partial charge on any atom is -0.508 e. The smallest absolute Gasteiger partial charge is 0.435 e. The SMILES string of the molecule is CCc1c2c(nc3ccc(O)cc13)-c1cc3c(c(=O)n1C2)COC(=O)[C@@]3(CC)OC(=O)CNC(=O)CNc1cc(-n2nc(C(F)(F)F)c3c2CC(C)(C)CC3=O)ccc1C(N)=O. The number of ketones is 1. The molecule has 16 nitrogen and oxygen atoms in total. The van der Waals surface area contributed by atoms with Gasteiger partial charge in [0.25, 0.3) is 11.5 Å². The fraction of sp³-hybridized carbons (Fsp3) is 0.349. The molecule has 2 aliphatic heterocycles. The van der Waals surface area contributed by atoms with Crippen LogP contribution in [0.2, 0.25) is 0 Å². The predicted octanol–water partition coefficient (Wildman–Crippen LogP) is 4.59. The Morgan fingerprint density at radius 3 is 2.47 bits per heavy atom. The molecule has 0 unspecified atom stereocenters. The number of ether oxygens (including phenoxy) is 2. The Labute approximate surface area is 350 Å². The van der Waals surface area contributed by atoms with Crippen LogP contribution >= 0.6 is 0 Å². The first-order chi connectivity index (χ1) is 29.3. The van der Waals surface area contributed by atoms with Gasteiger partial charge in [0.15, 0.2) is 11.5 Å². The quantitative estimate of drug-likeness (QED) is 0.139. The van der Waals surface area contributed by atoms with E-state index >= 15 is 0 Å². The van der Waals surface area contributed by atoms with Crippen LogP contribution in [0.15, 0.2) is 47.3 Å². The maximum absolute atomic E-state index is 14.1. The van der Waals surface area contributed by atoms with E-state index in [1.54, 1.807) is 39.0 Å². The number of phenols is 1. The monoisotopic (exact) mass is 855 g/mol. The summed E-state index contributed by atoms with van der Waals surface area (Å²) in [6, 6.07) is 10.2. The van der Waals surface area contributed by atoms with Gasteiger partial charge >= 0.3 is 18.1 Å². The van der Waals surface area contributed by atoms with Crippen molar-refractivity contribution < 1.29 is 51.7 Å². The first kappa shape index (κ1) is 41.7. The van der Waals surface area contributed by atoms with Crippen LogP contribution in [0.5, 0.6) is 5.75 Å². The van der Waals surface area contributed by atoms with Crippen LogP contribution in [0.3, 0.4) is 0 Å². The number of esters is 2. The fourth-order valence-corrected chi connectivity index (χ4v) is 8.74. The number of amides is 2. The van der Waals surface area contributed by atoms with Crippen LogP contribution in [-0.4, -0.2) is 67.1 Å². The van der Waals surface area contributed by atoms with Crippen molar-refractivity contribution in [3.63, 3.8) is 0 Å². The normalized spacial score (nSPS) is 17.4. The van der Waals surface area contributed by atoms with E-state index in [1.165, 1.54) is 28.8 Å². The molecular weight excluding hydrogens is 816 g/mol. The van der Waals surface area contributed by atoms with Crippen LogP contribution in [0.1, 0.15) is 94.9 Å². The summed E-state index contributed by atoms with van der Waals surface area (Å²) in [5.74, 6) is -4.32. The molecule has 1 atom stereocenters. The van der Waals surface area contributed by atoms with Gasteiger partial charge in [-0.2, -0.15) is 18.3 Å². The van der Waals surface area contributed by atoms with Gasteiger partial charge in [-0.15, -0.1) is 0 Å². The second kappa shape index (κ2) is 14.8. The average Bonchev–Trinajstić information content (AvgIpc) is 3.78. The highest BCUT2D eigenvalue weighted by Gasteiger charge is 2.51. The first-order valence-corrected chi connectivity index (χ1v) is 19.7. The molecule has 0 saturated heterocycles. The number of rotatable bonds is 10. The van der Waals surface area contributed by atoms with Crippen molar-refractivity contribution in [3.05, 3.63) is 97.6 Å². The zero-order valence-corrected chi connectivity index (χ0v) is 33.9. The summed E-state index contributed by atoms with van der Waals surface area (Å²) in [5, 5.41) is 19.8. The Kier molecular flexibility index (Phi) is 9.98. The molecule has 2 aromatic carbocycles. The lowest BCUT2D eigenvalue weighted by Crippen LogP contribution is -2.49. The number of Topliss-reactive ketones (excluding diaryl/α,β-unsaturated/α-hetero) is 1. The number of aromatic hydroxyl groups is 1. The van der Waals surface area contributed by atoms with E-state index in [2.05, 4.69) is 15.7 Å². The zero-order valence-electron chi connectivity index (χ0n) is 33.9. The minimum atomic E-state index is -4.93. The van der Waals surface area contributed by atoms with Gasteiger partial charge in [-0.3, -0.25) is 24.0 Å². The lowest BCUT2D eigenvalue weighted by Gasteiger charge is -2.35. The number of benzene rings is 2. The van der Waals surface area contributed by atoms with E-state index in [4.69, 9.17) is 20.2 Å². The Bertz CT molecular complexity index is 2860. The lowest BCUT2D eigenvalue weighted by atomic mass is 9.75. The second-order valence-electron chi connectivity index (χ2n) is 16.3. The maximum Gasteiger partial charge on any atom is 0.435 e. The number of carbonyl (C=O) groups is 5. The third-order valence-corrected chi connectivity index (χ3v) is 11.6. The molecule has 8 rings (SSSR count). The van der Waals surface area contributed by atoms with Gasteiger partial charge in [-0.1, -0.05) is 27.7 Å². The number of nitrogens with one attached hydrogen (secondary N) is 2. The van der Waals surface area contributed by atoms with Gasteiger partial charge < -0.3 is 35.5 Å². The van der Waals surface area contributed by atoms with E-state index in [0.29, 0.717) is 23.3 Å². The Hall–Kier alpha value is -7.05. The number of fused-ring (bicyclic) bond motifs is 6. The first-order valence-electron chi connectivity index (χ1n) is 19.7. The number of cyclic esters (lactones) is 1. The van der Waals surface area contributed by atoms with Crippen molar-refractivity contribution >= 4 is 46.1 Å². The van der Waals surface area contributed by atoms with E-state index in [1.807, 2.05) is 6.92 Å². The highest BCUT2D eigenvalue weighted by Crippen LogP contribution is 2.44. The molecule has 0 saturated carbocycles. The predicted molar refractivity (Wildman–Crippen MR) is 214 cm³/mol. The van der Waals surface area contributed by atoms with Crippen LogP contribution < -0.4 is 21.9 Å². The lowest BCUT2D eigenvalue weighted by molar-refractivity contribution is -0.189. The van der Waals surface area contributed by atoms with Crippen molar-refractivity contribution in [3.8, 4) is 22.8 Å². The molecule has 19 heteroatoms. The Morgan fingerprint density at radius 1 is 1.02 bits per heavy atom. The molecular formula is C43H40F3N7O9. The molecule has 322 valence electrons. The summed E-state index contributed by atoms with van der Waals surface area (Å²) in [4.78, 5) is 84.2. The van der Waals surface area contributed by atoms with Crippen molar-refractivity contribution in [2.75, 3.05) is 18.4 Å². The minimum absolute atomic E-state index is 0.0409. The standard InChI is InChI=1S/C43H40F3N7O9/c1-5-22-24-12-21(54)8-10-28(24)50-36-25(22)18-52-30(36)13-27-26(39(52)59)19-61-40(60)42(27,6-2)62-34(57)17-49-33(56)16-48-29-11-20(7-9-23(29)38(47)58)53-31-14-41(3,4)15-32(55)35(31)37(51-53)43(44,45)46/h7-13,48,54H,5-6,14-19H2,1-4H3,(H2,47,58)(H,49,56)/t42-/m0/s1. The number of alkyl halides is 3. The number of pyridine rings is 2. The summed E-state index contributed by atoms with van der Waals surface area (Å²) < 4.78 is 56.0. The van der Waals surface area contributed by atoms with Crippen molar-refractivity contribution in [2.45, 2.75) is 78.3 Å². The third-order valence-electron chi connectivity index (χ3n) is 11.6.